The summed E-state index contributed by atoms with van der Waals surface area (Å²) in [7, 11) is 0. The van der Waals surface area contributed by atoms with E-state index in [0.717, 1.165) is 31.2 Å². The minimum Gasteiger partial charge on any atom is -0.452 e. The maximum Gasteiger partial charge on any atom is 0.339 e. The van der Waals surface area contributed by atoms with Gasteiger partial charge in [0.2, 0.25) is 0 Å². The fraction of sp³-hybridized carbons (Fsp3) is 0.375. The monoisotopic (exact) mass is 393 g/mol. The van der Waals surface area contributed by atoms with Crippen LogP contribution in [0.15, 0.2) is 48.5 Å². The van der Waals surface area contributed by atoms with Crippen molar-refractivity contribution in [2.24, 2.45) is 0 Å². The molecule has 5 heteroatoms. The summed E-state index contributed by atoms with van der Waals surface area (Å²) in [5, 5.41) is 2.95. The summed E-state index contributed by atoms with van der Waals surface area (Å²) < 4.78 is 5.21. The predicted molar refractivity (Wildman–Crippen MR) is 111 cm³/mol. The van der Waals surface area contributed by atoms with Crippen molar-refractivity contribution in [1.29, 1.82) is 0 Å². The Labute approximate surface area is 171 Å². The van der Waals surface area contributed by atoms with E-state index in [-0.39, 0.29) is 35.5 Å². The third-order valence-electron chi connectivity index (χ3n) is 5.26. The molecule has 1 N–H and O–H groups in total. The van der Waals surface area contributed by atoms with Gasteiger partial charge in [0.05, 0.1) is 5.56 Å². The quantitative estimate of drug-likeness (QED) is 0.453. The molecule has 1 aliphatic rings. The van der Waals surface area contributed by atoms with Crippen molar-refractivity contribution in [2.45, 2.75) is 51.5 Å². The minimum absolute atomic E-state index is 0.152. The summed E-state index contributed by atoms with van der Waals surface area (Å²) in [6.45, 7) is 1.60. The van der Waals surface area contributed by atoms with Crippen LogP contribution in [0, 0.1) is 6.92 Å². The first-order valence-electron chi connectivity index (χ1n) is 10.2. The van der Waals surface area contributed by atoms with Crippen LogP contribution in [0.2, 0.25) is 0 Å². The van der Waals surface area contributed by atoms with Crippen molar-refractivity contribution in [1.82, 2.24) is 5.32 Å². The normalized spacial score (nSPS) is 14.7. The zero-order valence-corrected chi connectivity index (χ0v) is 16.8. The summed E-state index contributed by atoms with van der Waals surface area (Å²) in [6.07, 6.45) is 6.56. The third kappa shape index (κ3) is 5.76. The summed E-state index contributed by atoms with van der Waals surface area (Å²) >= 11 is 0. The number of ether oxygens (including phenoxy) is 1. The Bertz CT molecular complexity index is 865. The smallest absolute Gasteiger partial charge is 0.339 e. The van der Waals surface area contributed by atoms with E-state index in [1.807, 2.05) is 19.1 Å². The molecule has 0 unspecified atom stereocenters. The van der Waals surface area contributed by atoms with Gasteiger partial charge in [-0.25, -0.2) is 4.79 Å². The predicted octanol–water partition coefficient (Wildman–Crippen LogP) is 4.22. The lowest BCUT2D eigenvalue weighted by atomic mass is 9.98. The molecule has 1 amide bonds. The standard InChI is InChI=1S/C24H27NO4/c1-17-12-14-18(15-13-17)23(27)20-10-6-7-11-21(20)24(28)29-16-22(26)25-19-8-4-2-3-5-9-19/h6-7,10-15,19H,2-5,8-9,16H2,1H3,(H,25,26). The van der Waals surface area contributed by atoms with E-state index in [4.69, 9.17) is 4.74 Å². The number of amides is 1. The van der Waals surface area contributed by atoms with Gasteiger partial charge < -0.3 is 10.1 Å². The molecule has 0 spiro atoms. The average Bonchev–Trinajstić information content (AvgIpc) is 3.00. The Kier molecular flexibility index (Phi) is 7.17. The number of rotatable bonds is 6. The zero-order valence-electron chi connectivity index (χ0n) is 16.8. The second kappa shape index (κ2) is 10.0. The molecule has 0 heterocycles. The lowest BCUT2D eigenvalue weighted by molar-refractivity contribution is -0.125. The summed E-state index contributed by atoms with van der Waals surface area (Å²) in [6, 6.07) is 13.9. The molecule has 3 rings (SSSR count). The van der Waals surface area contributed by atoms with Crippen molar-refractivity contribution in [3.8, 4) is 0 Å². The van der Waals surface area contributed by atoms with Gasteiger partial charge in [0.25, 0.3) is 5.91 Å². The summed E-state index contributed by atoms with van der Waals surface area (Å²) in [5.74, 6) is -1.22. The van der Waals surface area contributed by atoms with Crippen LogP contribution in [-0.4, -0.2) is 30.3 Å². The van der Waals surface area contributed by atoms with Crippen molar-refractivity contribution < 1.29 is 19.1 Å². The van der Waals surface area contributed by atoms with Gasteiger partial charge in [0.1, 0.15) is 0 Å². The Hall–Kier alpha value is -2.95. The Morgan fingerprint density at radius 3 is 2.17 bits per heavy atom. The highest BCUT2D eigenvalue weighted by molar-refractivity contribution is 6.14. The molecule has 0 atom stereocenters. The van der Waals surface area contributed by atoms with E-state index in [1.165, 1.54) is 12.8 Å². The first-order chi connectivity index (χ1) is 14.0. The highest BCUT2D eigenvalue weighted by Gasteiger charge is 2.21. The molecular formula is C24H27NO4. The molecule has 2 aromatic rings. The number of carbonyl (C=O) groups excluding carboxylic acids is 3. The van der Waals surface area contributed by atoms with Crippen LogP contribution in [0.4, 0.5) is 0 Å². The lowest BCUT2D eigenvalue weighted by Crippen LogP contribution is -2.37. The minimum atomic E-state index is -0.669. The van der Waals surface area contributed by atoms with E-state index in [0.29, 0.717) is 5.56 Å². The fourth-order valence-corrected chi connectivity index (χ4v) is 3.62. The van der Waals surface area contributed by atoms with Crippen LogP contribution in [0.1, 0.15) is 70.4 Å². The summed E-state index contributed by atoms with van der Waals surface area (Å²) in [5.41, 5.74) is 1.99. The second-order valence-corrected chi connectivity index (χ2v) is 7.57. The molecular weight excluding hydrogens is 366 g/mol. The van der Waals surface area contributed by atoms with Crippen molar-refractivity contribution >= 4 is 17.7 Å². The van der Waals surface area contributed by atoms with Crippen molar-refractivity contribution in [3.05, 3.63) is 70.8 Å². The van der Waals surface area contributed by atoms with Gasteiger partial charge in [-0.15, -0.1) is 0 Å². The van der Waals surface area contributed by atoms with Crippen LogP contribution < -0.4 is 5.32 Å². The van der Waals surface area contributed by atoms with Gasteiger partial charge in [-0.1, -0.05) is 73.7 Å². The third-order valence-corrected chi connectivity index (χ3v) is 5.26. The molecule has 0 bridgehead atoms. The Balaban J connectivity index is 1.63. The van der Waals surface area contributed by atoms with Gasteiger partial charge in [-0.2, -0.15) is 0 Å². The average molecular weight is 393 g/mol. The van der Waals surface area contributed by atoms with Gasteiger partial charge in [-0.3, -0.25) is 9.59 Å². The van der Waals surface area contributed by atoms with Crippen LogP contribution in [0.25, 0.3) is 0 Å². The van der Waals surface area contributed by atoms with Crippen molar-refractivity contribution in [3.63, 3.8) is 0 Å². The molecule has 0 saturated heterocycles. The van der Waals surface area contributed by atoms with Gasteiger partial charge >= 0.3 is 5.97 Å². The van der Waals surface area contributed by atoms with E-state index >= 15 is 0 Å². The molecule has 0 aromatic heterocycles. The molecule has 0 radical (unpaired) electrons. The second-order valence-electron chi connectivity index (χ2n) is 7.57. The number of hydrogen-bond acceptors (Lipinski definition) is 4. The molecule has 29 heavy (non-hydrogen) atoms. The number of aryl methyl sites for hydroxylation is 1. The summed E-state index contributed by atoms with van der Waals surface area (Å²) in [4.78, 5) is 37.6. The Morgan fingerprint density at radius 2 is 1.52 bits per heavy atom. The highest BCUT2D eigenvalue weighted by Crippen LogP contribution is 2.18. The molecule has 1 aliphatic carbocycles. The fourth-order valence-electron chi connectivity index (χ4n) is 3.62. The lowest BCUT2D eigenvalue weighted by Gasteiger charge is -2.16. The number of nitrogens with one attached hydrogen (secondary N) is 1. The molecule has 2 aromatic carbocycles. The maximum absolute atomic E-state index is 12.8. The number of benzene rings is 2. The molecule has 1 saturated carbocycles. The van der Waals surface area contributed by atoms with Crippen LogP contribution >= 0.6 is 0 Å². The molecule has 1 fully saturated rings. The SMILES string of the molecule is Cc1ccc(C(=O)c2ccccc2C(=O)OCC(=O)NC2CCCCCC2)cc1. The highest BCUT2D eigenvalue weighted by atomic mass is 16.5. The molecule has 5 nitrogen and oxygen atoms in total. The number of esters is 1. The zero-order chi connectivity index (χ0) is 20.6. The first-order valence-corrected chi connectivity index (χ1v) is 10.2. The van der Waals surface area contributed by atoms with Crippen LogP contribution in [-0.2, 0) is 9.53 Å². The maximum atomic E-state index is 12.8. The van der Waals surface area contributed by atoms with Gasteiger partial charge in [0.15, 0.2) is 12.4 Å². The van der Waals surface area contributed by atoms with Gasteiger partial charge in [0, 0.05) is 17.2 Å². The van der Waals surface area contributed by atoms with Crippen LogP contribution in [0.3, 0.4) is 0 Å². The number of carbonyl (C=O) groups is 3. The molecule has 152 valence electrons. The van der Waals surface area contributed by atoms with Gasteiger partial charge in [-0.05, 0) is 25.8 Å². The van der Waals surface area contributed by atoms with E-state index < -0.39 is 5.97 Å². The largest absolute Gasteiger partial charge is 0.452 e. The van der Waals surface area contributed by atoms with Crippen molar-refractivity contribution in [2.75, 3.05) is 6.61 Å². The molecule has 0 aliphatic heterocycles. The van der Waals surface area contributed by atoms with E-state index in [2.05, 4.69) is 5.32 Å². The first kappa shape index (κ1) is 20.8. The van der Waals surface area contributed by atoms with Crippen LogP contribution in [0.5, 0.6) is 0 Å². The van der Waals surface area contributed by atoms with E-state index in [9.17, 15) is 14.4 Å². The Morgan fingerprint density at radius 1 is 0.897 bits per heavy atom. The number of ketones is 1. The van der Waals surface area contributed by atoms with E-state index in [1.54, 1.807) is 36.4 Å². The topological polar surface area (TPSA) is 72.5 Å². The number of hydrogen-bond donors (Lipinski definition) is 1.